The maximum Gasteiger partial charge on any atom is 0.163 e. The summed E-state index contributed by atoms with van der Waals surface area (Å²) >= 11 is 0. The molecule has 3 heteroatoms. The van der Waals surface area contributed by atoms with E-state index in [4.69, 9.17) is 0 Å². The molecule has 0 bridgehead atoms. The summed E-state index contributed by atoms with van der Waals surface area (Å²) in [6.07, 6.45) is 14.8. The molecule has 0 aliphatic heterocycles. The van der Waals surface area contributed by atoms with Crippen LogP contribution >= 0.6 is 0 Å². The summed E-state index contributed by atoms with van der Waals surface area (Å²) in [6, 6.07) is 2.84. The van der Waals surface area contributed by atoms with E-state index in [0.29, 0.717) is 5.56 Å². The lowest BCUT2D eigenvalue weighted by molar-refractivity contribution is 0.101. The molecule has 0 spiro atoms. The summed E-state index contributed by atoms with van der Waals surface area (Å²) < 4.78 is 0. The predicted molar refractivity (Wildman–Crippen MR) is 99.9 cm³/mol. The zero-order chi connectivity index (χ0) is 17.8. The van der Waals surface area contributed by atoms with Gasteiger partial charge in [-0.25, -0.2) is 0 Å². The van der Waals surface area contributed by atoms with Gasteiger partial charge in [-0.15, -0.1) is 0 Å². The number of unbranched alkanes of at least 4 members (excludes halogenated alkanes) is 10. The number of aryl methyl sites for hydroxylation is 1. The van der Waals surface area contributed by atoms with E-state index in [2.05, 4.69) is 6.92 Å². The lowest BCUT2D eigenvalue weighted by Gasteiger charge is -2.10. The first kappa shape index (κ1) is 20.5. The van der Waals surface area contributed by atoms with Crippen LogP contribution in [0.2, 0.25) is 0 Å². The third-order valence-corrected chi connectivity index (χ3v) is 4.59. The first-order valence-corrected chi connectivity index (χ1v) is 9.62. The number of phenols is 2. The molecule has 1 rings (SSSR count). The van der Waals surface area contributed by atoms with Crippen LogP contribution in [-0.4, -0.2) is 16.0 Å². The molecule has 0 radical (unpaired) electrons. The zero-order valence-corrected chi connectivity index (χ0v) is 15.4. The number of aromatic hydroxyl groups is 2. The fourth-order valence-corrected chi connectivity index (χ4v) is 3.25. The minimum Gasteiger partial charge on any atom is -0.508 e. The fourth-order valence-electron chi connectivity index (χ4n) is 3.25. The summed E-state index contributed by atoms with van der Waals surface area (Å²) in [5, 5.41) is 19.4. The van der Waals surface area contributed by atoms with E-state index in [9.17, 15) is 15.0 Å². The van der Waals surface area contributed by atoms with Gasteiger partial charge in [0.15, 0.2) is 5.78 Å². The second kappa shape index (κ2) is 11.9. The fraction of sp³-hybridized carbons (Fsp3) is 0.667. The van der Waals surface area contributed by atoms with Crippen molar-refractivity contribution in [3.8, 4) is 11.5 Å². The summed E-state index contributed by atoms with van der Waals surface area (Å²) in [7, 11) is 0. The van der Waals surface area contributed by atoms with Gasteiger partial charge in [-0.1, -0.05) is 71.1 Å². The average Bonchev–Trinajstić information content (AvgIpc) is 2.51. The standard InChI is InChI=1S/C21H34O3/c1-3-4-5-6-7-8-9-10-11-12-13-14-18-15-19(23)16-20(24)21(18)17(2)22/h15-16,23-24H,3-14H2,1-2H3. The van der Waals surface area contributed by atoms with E-state index in [0.717, 1.165) is 24.8 Å². The number of benzene rings is 1. The largest absolute Gasteiger partial charge is 0.508 e. The van der Waals surface area contributed by atoms with Crippen LogP contribution in [0.5, 0.6) is 11.5 Å². The van der Waals surface area contributed by atoms with E-state index in [1.54, 1.807) is 6.07 Å². The highest BCUT2D eigenvalue weighted by atomic mass is 16.3. The van der Waals surface area contributed by atoms with E-state index in [1.165, 1.54) is 70.8 Å². The molecule has 0 aliphatic rings. The number of Topliss-reactive ketones (excluding diaryl/α,β-unsaturated/α-hetero) is 1. The molecule has 3 nitrogen and oxygen atoms in total. The summed E-state index contributed by atoms with van der Waals surface area (Å²) in [6.45, 7) is 3.70. The number of phenolic OH excluding ortho intramolecular Hbond substituents is 2. The van der Waals surface area contributed by atoms with Crippen LogP contribution in [-0.2, 0) is 6.42 Å². The smallest absolute Gasteiger partial charge is 0.163 e. The highest BCUT2D eigenvalue weighted by Gasteiger charge is 2.14. The molecule has 0 amide bonds. The van der Waals surface area contributed by atoms with E-state index >= 15 is 0 Å². The first-order valence-electron chi connectivity index (χ1n) is 9.62. The number of carbonyl (C=O) groups excluding carboxylic acids is 1. The molecule has 0 fully saturated rings. The number of hydrogen-bond acceptors (Lipinski definition) is 3. The molecule has 2 N–H and O–H groups in total. The van der Waals surface area contributed by atoms with Crippen molar-refractivity contribution in [2.24, 2.45) is 0 Å². The van der Waals surface area contributed by atoms with Gasteiger partial charge in [-0.05, 0) is 31.4 Å². The molecule has 0 unspecified atom stereocenters. The van der Waals surface area contributed by atoms with Gasteiger partial charge in [0.1, 0.15) is 11.5 Å². The summed E-state index contributed by atoms with van der Waals surface area (Å²) in [5.74, 6) is -0.235. The van der Waals surface area contributed by atoms with Crippen molar-refractivity contribution in [1.29, 1.82) is 0 Å². The topological polar surface area (TPSA) is 57.5 Å². The monoisotopic (exact) mass is 334 g/mol. The molecule has 1 aromatic rings. The lowest BCUT2D eigenvalue weighted by atomic mass is 9.97. The highest BCUT2D eigenvalue weighted by Crippen LogP contribution is 2.29. The van der Waals surface area contributed by atoms with Crippen LogP contribution in [0.15, 0.2) is 12.1 Å². The third-order valence-electron chi connectivity index (χ3n) is 4.59. The van der Waals surface area contributed by atoms with Crippen molar-refractivity contribution >= 4 is 5.78 Å². The van der Waals surface area contributed by atoms with Gasteiger partial charge in [0, 0.05) is 6.07 Å². The molecule has 0 saturated carbocycles. The number of rotatable bonds is 13. The molecular formula is C21H34O3. The zero-order valence-electron chi connectivity index (χ0n) is 15.4. The van der Waals surface area contributed by atoms with Crippen LogP contribution in [0.4, 0.5) is 0 Å². The summed E-state index contributed by atoms with van der Waals surface area (Å²) in [4.78, 5) is 11.7. The molecule has 136 valence electrons. The quantitative estimate of drug-likeness (QED) is 0.336. The van der Waals surface area contributed by atoms with Gasteiger partial charge < -0.3 is 10.2 Å². The minimum atomic E-state index is -0.148. The molecule has 24 heavy (non-hydrogen) atoms. The van der Waals surface area contributed by atoms with Crippen LogP contribution in [0.3, 0.4) is 0 Å². The average molecular weight is 335 g/mol. The molecule has 0 aliphatic carbocycles. The second-order valence-electron chi connectivity index (χ2n) is 6.84. The molecule has 0 heterocycles. The number of ketones is 1. The van der Waals surface area contributed by atoms with E-state index < -0.39 is 0 Å². The Morgan fingerprint density at radius 1 is 0.833 bits per heavy atom. The highest BCUT2D eigenvalue weighted by molar-refractivity contribution is 5.98. The van der Waals surface area contributed by atoms with Gasteiger partial charge in [-0.2, -0.15) is 0 Å². The summed E-state index contributed by atoms with van der Waals surface area (Å²) in [5.41, 5.74) is 1.12. The molecule has 0 saturated heterocycles. The SMILES string of the molecule is CCCCCCCCCCCCCc1cc(O)cc(O)c1C(C)=O. The van der Waals surface area contributed by atoms with Crippen LogP contribution in [0.1, 0.15) is 100 Å². The van der Waals surface area contributed by atoms with Crippen molar-refractivity contribution < 1.29 is 15.0 Å². The maximum atomic E-state index is 11.7. The van der Waals surface area contributed by atoms with Gasteiger partial charge in [-0.3, -0.25) is 4.79 Å². The molecule has 0 atom stereocenters. The van der Waals surface area contributed by atoms with Gasteiger partial charge in [0.25, 0.3) is 0 Å². The van der Waals surface area contributed by atoms with Crippen LogP contribution in [0.25, 0.3) is 0 Å². The lowest BCUT2D eigenvalue weighted by Crippen LogP contribution is -2.00. The van der Waals surface area contributed by atoms with Crippen molar-refractivity contribution in [3.63, 3.8) is 0 Å². The number of carbonyl (C=O) groups is 1. The van der Waals surface area contributed by atoms with Crippen molar-refractivity contribution in [2.45, 2.75) is 90.9 Å². The Hall–Kier alpha value is -1.51. The molecule has 1 aromatic carbocycles. The van der Waals surface area contributed by atoms with Crippen molar-refractivity contribution in [1.82, 2.24) is 0 Å². The third kappa shape index (κ3) is 7.85. The Morgan fingerprint density at radius 2 is 1.33 bits per heavy atom. The number of hydrogen-bond donors (Lipinski definition) is 2. The Morgan fingerprint density at radius 3 is 1.83 bits per heavy atom. The Bertz CT molecular complexity index is 494. The van der Waals surface area contributed by atoms with Crippen LogP contribution in [0, 0.1) is 0 Å². The van der Waals surface area contributed by atoms with Gasteiger partial charge in [0.2, 0.25) is 0 Å². The maximum absolute atomic E-state index is 11.7. The predicted octanol–water partition coefficient (Wildman–Crippen LogP) is 6.15. The van der Waals surface area contributed by atoms with E-state index in [-0.39, 0.29) is 17.3 Å². The van der Waals surface area contributed by atoms with Crippen molar-refractivity contribution in [2.75, 3.05) is 0 Å². The van der Waals surface area contributed by atoms with E-state index in [1.807, 2.05) is 0 Å². The Balaban J connectivity index is 2.19. The normalized spacial score (nSPS) is 10.9. The Labute approximate surface area is 147 Å². The van der Waals surface area contributed by atoms with Crippen molar-refractivity contribution in [3.05, 3.63) is 23.3 Å². The molecular weight excluding hydrogens is 300 g/mol. The first-order chi connectivity index (χ1) is 11.6. The molecule has 0 aromatic heterocycles. The van der Waals surface area contributed by atoms with Crippen LogP contribution < -0.4 is 0 Å². The Kier molecular flexibility index (Phi) is 10.2. The second-order valence-corrected chi connectivity index (χ2v) is 6.84. The van der Waals surface area contributed by atoms with Gasteiger partial charge >= 0.3 is 0 Å². The van der Waals surface area contributed by atoms with Gasteiger partial charge in [0.05, 0.1) is 5.56 Å². The minimum absolute atomic E-state index is 0.0237.